The molecule has 0 saturated heterocycles. The Morgan fingerprint density at radius 1 is 1.33 bits per heavy atom. The van der Waals surface area contributed by atoms with Crippen LogP contribution in [0.4, 0.5) is 0 Å². The number of allylic oxidation sites excluding steroid dienone is 1. The number of ketones is 1. The van der Waals surface area contributed by atoms with E-state index in [1.165, 1.54) is 5.57 Å². The lowest BCUT2D eigenvalue weighted by Gasteiger charge is -2.56. The lowest BCUT2D eigenvalue weighted by Crippen LogP contribution is -2.53. The molecule has 0 aromatic rings. The topological polar surface area (TPSA) is 37.3 Å². The second kappa shape index (κ2) is 3.93. The van der Waals surface area contributed by atoms with Crippen LogP contribution in [0.2, 0.25) is 0 Å². The van der Waals surface area contributed by atoms with E-state index in [0.717, 1.165) is 38.5 Å². The van der Waals surface area contributed by atoms with Gasteiger partial charge in [0.1, 0.15) is 5.78 Å². The standard InChI is InChI=1S/C16H24O2/c1-11-12-6-10-16(18)8-4-3-5-14(16)15(12,2)9-7-13(11)17/h5,11-12,18H,3-4,6-10H2,1-2H3. The van der Waals surface area contributed by atoms with Crippen molar-refractivity contribution < 1.29 is 9.90 Å². The number of hydrogen-bond donors (Lipinski definition) is 1. The fourth-order valence-corrected chi connectivity index (χ4v) is 4.86. The van der Waals surface area contributed by atoms with Crippen molar-refractivity contribution in [2.45, 2.75) is 64.4 Å². The molecule has 0 aliphatic heterocycles. The van der Waals surface area contributed by atoms with Crippen LogP contribution in [0, 0.1) is 17.3 Å². The van der Waals surface area contributed by atoms with Gasteiger partial charge in [-0.2, -0.15) is 0 Å². The maximum Gasteiger partial charge on any atom is 0.136 e. The molecule has 3 aliphatic carbocycles. The second-order valence-electron chi connectivity index (χ2n) is 6.86. The molecule has 0 radical (unpaired) electrons. The van der Waals surface area contributed by atoms with Crippen LogP contribution in [0.3, 0.4) is 0 Å². The van der Waals surface area contributed by atoms with E-state index in [-0.39, 0.29) is 11.3 Å². The Morgan fingerprint density at radius 3 is 2.89 bits per heavy atom. The first-order valence-corrected chi connectivity index (χ1v) is 7.44. The van der Waals surface area contributed by atoms with Crippen LogP contribution in [0.1, 0.15) is 58.8 Å². The minimum Gasteiger partial charge on any atom is -0.385 e. The third-order valence-corrected chi connectivity index (χ3v) is 5.95. The predicted octanol–water partition coefficient (Wildman–Crippen LogP) is 3.24. The van der Waals surface area contributed by atoms with E-state index >= 15 is 0 Å². The van der Waals surface area contributed by atoms with Gasteiger partial charge in [-0.3, -0.25) is 4.79 Å². The first-order valence-electron chi connectivity index (χ1n) is 7.44. The van der Waals surface area contributed by atoms with Gasteiger partial charge >= 0.3 is 0 Å². The lowest BCUT2D eigenvalue weighted by molar-refractivity contribution is -0.133. The van der Waals surface area contributed by atoms with Gasteiger partial charge in [0.25, 0.3) is 0 Å². The number of Topliss-reactive ketones (excluding diaryl/α,β-unsaturated/α-hetero) is 1. The number of fused-ring (bicyclic) bond motifs is 3. The van der Waals surface area contributed by atoms with E-state index in [0.29, 0.717) is 18.1 Å². The zero-order valence-corrected chi connectivity index (χ0v) is 11.5. The summed E-state index contributed by atoms with van der Waals surface area (Å²) in [6.07, 6.45) is 8.92. The molecule has 3 aliphatic rings. The zero-order valence-electron chi connectivity index (χ0n) is 11.5. The minimum atomic E-state index is -0.552. The molecule has 2 fully saturated rings. The van der Waals surface area contributed by atoms with Crippen LogP contribution in [-0.2, 0) is 4.79 Å². The van der Waals surface area contributed by atoms with Crippen molar-refractivity contribution in [1.82, 2.24) is 0 Å². The van der Waals surface area contributed by atoms with Gasteiger partial charge in [-0.15, -0.1) is 0 Å². The van der Waals surface area contributed by atoms with Gasteiger partial charge in [0, 0.05) is 12.3 Å². The summed E-state index contributed by atoms with van der Waals surface area (Å²) in [6, 6.07) is 0. The molecule has 2 nitrogen and oxygen atoms in total. The van der Waals surface area contributed by atoms with E-state index in [2.05, 4.69) is 19.9 Å². The smallest absolute Gasteiger partial charge is 0.136 e. The lowest BCUT2D eigenvalue weighted by atomic mass is 9.50. The SMILES string of the molecule is CC1C(=O)CCC2(C)C3=CCCCC3(O)CCC12. The highest BCUT2D eigenvalue weighted by Crippen LogP contribution is 2.59. The van der Waals surface area contributed by atoms with Gasteiger partial charge in [0.05, 0.1) is 5.60 Å². The van der Waals surface area contributed by atoms with E-state index < -0.39 is 5.60 Å². The third kappa shape index (κ3) is 1.54. The molecule has 0 bridgehead atoms. The molecule has 0 aromatic heterocycles. The van der Waals surface area contributed by atoms with Gasteiger partial charge in [-0.05, 0) is 55.4 Å². The van der Waals surface area contributed by atoms with Gasteiger partial charge in [0.15, 0.2) is 0 Å². The van der Waals surface area contributed by atoms with E-state index in [1.807, 2.05) is 0 Å². The maximum atomic E-state index is 11.9. The molecule has 2 saturated carbocycles. The van der Waals surface area contributed by atoms with E-state index in [4.69, 9.17) is 0 Å². The molecule has 1 N–H and O–H groups in total. The molecular formula is C16H24O2. The summed E-state index contributed by atoms with van der Waals surface area (Å²) < 4.78 is 0. The summed E-state index contributed by atoms with van der Waals surface area (Å²) in [5.41, 5.74) is 0.793. The average Bonchev–Trinajstić information content (AvgIpc) is 2.34. The van der Waals surface area contributed by atoms with Crippen molar-refractivity contribution in [2.24, 2.45) is 17.3 Å². The first kappa shape index (κ1) is 12.4. The quantitative estimate of drug-likeness (QED) is 0.668. The average molecular weight is 248 g/mol. The second-order valence-corrected chi connectivity index (χ2v) is 6.86. The summed E-state index contributed by atoms with van der Waals surface area (Å²) in [4.78, 5) is 11.9. The highest BCUT2D eigenvalue weighted by Gasteiger charge is 2.55. The number of rotatable bonds is 0. The molecule has 100 valence electrons. The highest BCUT2D eigenvalue weighted by molar-refractivity contribution is 5.82. The van der Waals surface area contributed by atoms with Crippen molar-refractivity contribution >= 4 is 5.78 Å². The normalized spacial score (nSPS) is 48.2. The van der Waals surface area contributed by atoms with Crippen molar-refractivity contribution in [3.05, 3.63) is 11.6 Å². The highest BCUT2D eigenvalue weighted by atomic mass is 16.3. The molecule has 0 spiro atoms. The van der Waals surface area contributed by atoms with Crippen molar-refractivity contribution in [1.29, 1.82) is 0 Å². The molecule has 0 aromatic carbocycles. The van der Waals surface area contributed by atoms with Crippen LogP contribution in [-0.4, -0.2) is 16.5 Å². The number of hydrogen-bond acceptors (Lipinski definition) is 2. The Balaban J connectivity index is 2.02. The Bertz CT molecular complexity index is 411. The molecule has 0 amide bonds. The van der Waals surface area contributed by atoms with Crippen LogP contribution in [0.15, 0.2) is 11.6 Å². The summed E-state index contributed by atoms with van der Waals surface area (Å²) >= 11 is 0. The van der Waals surface area contributed by atoms with Gasteiger partial charge in [0.2, 0.25) is 0 Å². The van der Waals surface area contributed by atoms with Crippen LogP contribution < -0.4 is 0 Å². The zero-order chi connectivity index (χ0) is 13.0. The Hall–Kier alpha value is -0.630. The number of carbonyl (C=O) groups is 1. The fraction of sp³-hybridized carbons (Fsp3) is 0.812. The largest absolute Gasteiger partial charge is 0.385 e. The molecule has 4 unspecified atom stereocenters. The van der Waals surface area contributed by atoms with Gasteiger partial charge in [-0.1, -0.05) is 19.9 Å². The molecule has 3 rings (SSSR count). The minimum absolute atomic E-state index is 0.0702. The van der Waals surface area contributed by atoms with Crippen LogP contribution in [0.25, 0.3) is 0 Å². The van der Waals surface area contributed by atoms with Crippen molar-refractivity contribution in [3.63, 3.8) is 0 Å². The van der Waals surface area contributed by atoms with Crippen LogP contribution in [0.5, 0.6) is 0 Å². The number of carbonyl (C=O) groups excluding carboxylic acids is 1. The Kier molecular flexibility index (Phi) is 2.71. The number of aliphatic hydroxyl groups is 1. The molecule has 2 heteroatoms. The summed E-state index contributed by atoms with van der Waals surface area (Å²) in [5.74, 6) is 1.05. The first-order chi connectivity index (χ1) is 8.47. The predicted molar refractivity (Wildman–Crippen MR) is 71.1 cm³/mol. The summed E-state index contributed by atoms with van der Waals surface area (Å²) in [7, 11) is 0. The van der Waals surface area contributed by atoms with Gasteiger partial charge in [-0.25, -0.2) is 0 Å². The van der Waals surface area contributed by atoms with E-state index in [1.54, 1.807) is 0 Å². The molecule has 4 atom stereocenters. The fourth-order valence-electron chi connectivity index (χ4n) is 4.86. The van der Waals surface area contributed by atoms with Gasteiger partial charge < -0.3 is 5.11 Å². The monoisotopic (exact) mass is 248 g/mol. The van der Waals surface area contributed by atoms with E-state index in [9.17, 15) is 9.90 Å². The third-order valence-electron chi connectivity index (χ3n) is 5.95. The molecular weight excluding hydrogens is 224 g/mol. The Morgan fingerprint density at radius 2 is 2.11 bits per heavy atom. The van der Waals surface area contributed by atoms with Crippen molar-refractivity contribution in [3.8, 4) is 0 Å². The molecule has 18 heavy (non-hydrogen) atoms. The Labute approximate surface area is 109 Å². The maximum absolute atomic E-state index is 11.9. The summed E-state index contributed by atoms with van der Waals surface area (Å²) in [6.45, 7) is 4.39. The van der Waals surface area contributed by atoms with Crippen LogP contribution >= 0.6 is 0 Å². The molecule has 0 heterocycles. The van der Waals surface area contributed by atoms with Crippen molar-refractivity contribution in [2.75, 3.05) is 0 Å². The summed E-state index contributed by atoms with van der Waals surface area (Å²) in [5, 5.41) is 10.9.